The molecule has 0 aliphatic carbocycles. The van der Waals surface area contributed by atoms with Crippen molar-refractivity contribution < 1.29 is 14.7 Å². The number of hydrogen-bond donors (Lipinski definition) is 1. The molecule has 0 bridgehead atoms. The van der Waals surface area contributed by atoms with Gasteiger partial charge >= 0.3 is 5.97 Å². The Kier molecular flexibility index (Phi) is 4.09. The molecule has 126 valence electrons. The number of carbonyl (C=O) groups is 2. The minimum atomic E-state index is -0.922. The highest BCUT2D eigenvalue weighted by molar-refractivity contribution is 6.32. The first kappa shape index (κ1) is 16.5. The molecule has 0 spiro atoms. The quantitative estimate of drug-likeness (QED) is 0.926. The van der Waals surface area contributed by atoms with Crippen LogP contribution in [0, 0.1) is 11.3 Å². The Morgan fingerprint density at radius 3 is 2.71 bits per heavy atom. The van der Waals surface area contributed by atoms with E-state index in [2.05, 4.69) is 5.10 Å². The van der Waals surface area contributed by atoms with Gasteiger partial charge < -0.3 is 10.0 Å². The summed E-state index contributed by atoms with van der Waals surface area (Å²) in [6.45, 7) is 4.15. The van der Waals surface area contributed by atoms with E-state index in [1.54, 1.807) is 28.8 Å². The zero-order valence-electron chi connectivity index (χ0n) is 13.4. The summed E-state index contributed by atoms with van der Waals surface area (Å²) >= 11 is 6.14. The number of para-hydroxylation sites is 1. The smallest absolute Gasteiger partial charge is 0.311 e. The number of carboxylic acid groups (broad SMARTS) is 1. The van der Waals surface area contributed by atoms with Crippen LogP contribution >= 0.6 is 11.6 Å². The van der Waals surface area contributed by atoms with Gasteiger partial charge in [-0.3, -0.25) is 9.59 Å². The van der Waals surface area contributed by atoms with Gasteiger partial charge in [-0.15, -0.1) is 0 Å². The van der Waals surface area contributed by atoms with Gasteiger partial charge in [-0.2, -0.15) is 5.10 Å². The first-order valence-corrected chi connectivity index (χ1v) is 8.03. The van der Waals surface area contributed by atoms with Crippen LogP contribution in [0.15, 0.2) is 36.7 Å². The van der Waals surface area contributed by atoms with Crippen molar-refractivity contribution in [3.05, 3.63) is 47.2 Å². The van der Waals surface area contributed by atoms with Gasteiger partial charge in [-0.05, 0) is 25.0 Å². The third kappa shape index (κ3) is 2.67. The second-order valence-corrected chi connectivity index (χ2v) is 6.84. The molecule has 0 unspecified atom stereocenters. The highest BCUT2D eigenvalue weighted by Gasteiger charge is 2.48. The fourth-order valence-electron chi connectivity index (χ4n) is 2.97. The molecule has 0 saturated carbocycles. The Balaban J connectivity index is 1.83. The molecule has 24 heavy (non-hydrogen) atoms. The first-order valence-electron chi connectivity index (χ1n) is 7.65. The molecular formula is C17H18ClN3O3. The number of benzene rings is 1. The number of aromatic nitrogens is 2. The van der Waals surface area contributed by atoms with E-state index in [1.165, 1.54) is 6.20 Å². The zero-order chi connectivity index (χ0) is 17.5. The highest BCUT2D eigenvalue weighted by atomic mass is 35.5. The molecule has 1 saturated heterocycles. The number of nitrogens with zero attached hydrogens (tertiary/aromatic N) is 3. The predicted molar refractivity (Wildman–Crippen MR) is 89.4 cm³/mol. The fourth-order valence-corrected chi connectivity index (χ4v) is 3.19. The number of rotatable bonds is 3. The topological polar surface area (TPSA) is 75.4 Å². The lowest BCUT2D eigenvalue weighted by Crippen LogP contribution is -2.36. The molecule has 1 aliphatic rings. The lowest BCUT2D eigenvalue weighted by Gasteiger charge is -2.22. The first-order chi connectivity index (χ1) is 11.3. The largest absolute Gasteiger partial charge is 0.481 e. The van der Waals surface area contributed by atoms with Gasteiger partial charge in [0.25, 0.3) is 5.91 Å². The van der Waals surface area contributed by atoms with Crippen molar-refractivity contribution in [2.75, 3.05) is 13.1 Å². The number of carboxylic acids is 1. The molecule has 1 amide bonds. The SMILES string of the molecule is C[C@@H]1CN(C(=O)c2cnn(-c3ccccc3Cl)c2)C[C@@]1(C)C(=O)O. The van der Waals surface area contributed by atoms with E-state index < -0.39 is 11.4 Å². The van der Waals surface area contributed by atoms with Crippen LogP contribution in [0.2, 0.25) is 5.02 Å². The number of amides is 1. The number of likely N-dealkylation sites (tertiary alicyclic amines) is 1. The van der Waals surface area contributed by atoms with Crippen LogP contribution in [0.4, 0.5) is 0 Å². The Bertz CT molecular complexity index is 804. The van der Waals surface area contributed by atoms with Crippen LogP contribution < -0.4 is 0 Å². The van der Waals surface area contributed by atoms with Crippen LogP contribution in [0.5, 0.6) is 0 Å². The molecule has 3 rings (SSSR count). The summed E-state index contributed by atoms with van der Waals surface area (Å²) in [6, 6.07) is 7.22. The molecule has 0 radical (unpaired) electrons. The maximum Gasteiger partial charge on any atom is 0.311 e. The summed E-state index contributed by atoms with van der Waals surface area (Å²) < 4.78 is 1.55. The molecule has 7 heteroatoms. The van der Waals surface area contributed by atoms with Crippen LogP contribution in [0.25, 0.3) is 5.69 Å². The third-order valence-corrected chi connectivity index (χ3v) is 5.13. The number of aliphatic carboxylic acids is 1. The fraction of sp³-hybridized carbons (Fsp3) is 0.353. The molecule has 2 aromatic rings. The van der Waals surface area contributed by atoms with Gasteiger partial charge in [-0.25, -0.2) is 4.68 Å². The average Bonchev–Trinajstić information content (AvgIpc) is 3.13. The molecule has 1 aromatic carbocycles. The minimum absolute atomic E-state index is 0.113. The lowest BCUT2D eigenvalue weighted by atomic mass is 9.81. The van der Waals surface area contributed by atoms with E-state index in [-0.39, 0.29) is 18.4 Å². The zero-order valence-corrected chi connectivity index (χ0v) is 14.2. The van der Waals surface area contributed by atoms with Gasteiger partial charge in [0, 0.05) is 19.3 Å². The summed E-state index contributed by atoms with van der Waals surface area (Å²) in [5.74, 6) is -1.21. The number of carbonyl (C=O) groups excluding carboxylic acids is 1. The molecule has 6 nitrogen and oxygen atoms in total. The summed E-state index contributed by atoms with van der Waals surface area (Å²) in [7, 11) is 0. The van der Waals surface area contributed by atoms with Gasteiger partial charge in [0.05, 0.1) is 27.9 Å². The molecule has 2 atom stereocenters. The summed E-state index contributed by atoms with van der Waals surface area (Å²) in [5.41, 5.74) is 0.175. The molecular weight excluding hydrogens is 330 g/mol. The van der Waals surface area contributed by atoms with Gasteiger partial charge in [0.1, 0.15) is 0 Å². The Hall–Kier alpha value is -2.34. The standard InChI is InChI=1S/C17H18ClN3O3/c1-11-8-20(10-17(11,2)16(23)24)15(22)12-7-19-21(9-12)14-6-4-3-5-13(14)18/h3-7,9,11H,8,10H2,1-2H3,(H,23,24)/t11-,17-/m1/s1. The van der Waals surface area contributed by atoms with Crippen molar-refractivity contribution >= 4 is 23.5 Å². The minimum Gasteiger partial charge on any atom is -0.481 e. The van der Waals surface area contributed by atoms with Gasteiger partial charge in [0.2, 0.25) is 0 Å². The number of hydrogen-bond acceptors (Lipinski definition) is 3. The summed E-state index contributed by atoms with van der Waals surface area (Å²) in [5, 5.41) is 14.2. The van der Waals surface area contributed by atoms with E-state index in [1.807, 2.05) is 25.1 Å². The van der Waals surface area contributed by atoms with E-state index in [4.69, 9.17) is 11.6 Å². The van der Waals surface area contributed by atoms with Crippen LogP contribution in [-0.2, 0) is 4.79 Å². The summed E-state index contributed by atoms with van der Waals surface area (Å²) in [4.78, 5) is 25.8. The molecule has 1 aliphatic heterocycles. The summed E-state index contributed by atoms with van der Waals surface area (Å²) in [6.07, 6.45) is 3.09. The third-order valence-electron chi connectivity index (χ3n) is 4.81. The van der Waals surface area contributed by atoms with E-state index >= 15 is 0 Å². The van der Waals surface area contributed by atoms with Gasteiger partial charge in [0.15, 0.2) is 0 Å². The molecule has 1 fully saturated rings. The highest BCUT2D eigenvalue weighted by Crippen LogP contribution is 2.36. The van der Waals surface area contributed by atoms with Crippen molar-refractivity contribution in [3.8, 4) is 5.69 Å². The Morgan fingerprint density at radius 2 is 2.08 bits per heavy atom. The van der Waals surface area contributed by atoms with Gasteiger partial charge in [-0.1, -0.05) is 30.7 Å². The Labute approximate surface area is 144 Å². The van der Waals surface area contributed by atoms with Crippen molar-refractivity contribution in [2.45, 2.75) is 13.8 Å². The van der Waals surface area contributed by atoms with Crippen LogP contribution in [-0.4, -0.2) is 44.8 Å². The monoisotopic (exact) mass is 347 g/mol. The molecule has 1 N–H and O–H groups in total. The van der Waals surface area contributed by atoms with Crippen LogP contribution in [0.1, 0.15) is 24.2 Å². The van der Waals surface area contributed by atoms with Crippen molar-refractivity contribution in [1.29, 1.82) is 0 Å². The number of halogens is 1. The van der Waals surface area contributed by atoms with Crippen molar-refractivity contribution in [2.24, 2.45) is 11.3 Å². The maximum atomic E-state index is 12.7. The van der Waals surface area contributed by atoms with Crippen molar-refractivity contribution in [1.82, 2.24) is 14.7 Å². The van der Waals surface area contributed by atoms with E-state index in [0.29, 0.717) is 22.8 Å². The maximum absolute atomic E-state index is 12.7. The van der Waals surface area contributed by atoms with Crippen molar-refractivity contribution in [3.63, 3.8) is 0 Å². The second kappa shape index (κ2) is 5.94. The lowest BCUT2D eigenvalue weighted by molar-refractivity contribution is -0.148. The predicted octanol–water partition coefficient (Wildman–Crippen LogP) is 2.71. The van der Waals surface area contributed by atoms with E-state index in [9.17, 15) is 14.7 Å². The van der Waals surface area contributed by atoms with Crippen LogP contribution in [0.3, 0.4) is 0 Å². The molecule has 1 aromatic heterocycles. The van der Waals surface area contributed by atoms with E-state index in [0.717, 1.165) is 0 Å². The molecule has 2 heterocycles. The second-order valence-electron chi connectivity index (χ2n) is 6.43. The normalized spacial score (nSPS) is 23.5. The Morgan fingerprint density at radius 1 is 1.38 bits per heavy atom. The average molecular weight is 348 g/mol.